The number of carbonyl (C=O) groups excluding carboxylic acids is 2. The van der Waals surface area contributed by atoms with Gasteiger partial charge in [-0.3, -0.25) is 9.59 Å². The summed E-state index contributed by atoms with van der Waals surface area (Å²) in [6.45, 7) is 3.28. The van der Waals surface area contributed by atoms with Crippen LogP contribution in [0.1, 0.15) is 20.3 Å². The molecule has 0 saturated carbocycles. The van der Waals surface area contributed by atoms with Gasteiger partial charge < -0.3 is 16.4 Å². The van der Waals surface area contributed by atoms with Gasteiger partial charge in [0.25, 0.3) is 0 Å². The molecule has 0 heterocycles. The smallest absolute Gasteiger partial charge is 0.234 e. The first-order chi connectivity index (χ1) is 8.93. The summed E-state index contributed by atoms with van der Waals surface area (Å²) in [6.07, 6.45) is 0.561. The van der Waals surface area contributed by atoms with E-state index in [1.807, 2.05) is 6.92 Å². The van der Waals surface area contributed by atoms with Crippen LogP contribution in [0.4, 0.5) is 11.4 Å². The maximum atomic E-state index is 11.9. The van der Waals surface area contributed by atoms with Crippen molar-refractivity contribution in [1.29, 1.82) is 0 Å². The molecule has 0 aliphatic rings. The number of amides is 2. The van der Waals surface area contributed by atoms with Crippen molar-refractivity contribution in [2.45, 2.75) is 20.3 Å². The molecule has 4 N–H and O–H groups in total. The molecule has 6 heteroatoms. The number of nitrogens with two attached hydrogens (primary N) is 1. The fourth-order valence-electron chi connectivity index (χ4n) is 1.59. The molecule has 1 unspecified atom stereocenters. The van der Waals surface area contributed by atoms with Crippen LogP contribution in [-0.2, 0) is 9.59 Å². The molecule has 0 bridgehead atoms. The topological polar surface area (TPSA) is 84.2 Å². The number of carbonyl (C=O) groups is 2. The van der Waals surface area contributed by atoms with Crippen molar-refractivity contribution < 1.29 is 9.59 Å². The molecule has 0 aliphatic heterocycles. The molecular weight excluding hydrogens is 262 g/mol. The van der Waals surface area contributed by atoms with Crippen LogP contribution in [0.5, 0.6) is 0 Å². The number of rotatable bonds is 5. The number of hydrogen-bond donors (Lipinski definition) is 3. The first kappa shape index (κ1) is 15.1. The van der Waals surface area contributed by atoms with E-state index in [2.05, 4.69) is 10.6 Å². The van der Waals surface area contributed by atoms with Crippen LogP contribution in [-0.4, -0.2) is 16.8 Å². The van der Waals surface area contributed by atoms with E-state index < -0.39 is 5.92 Å². The molecule has 0 aliphatic carbocycles. The van der Waals surface area contributed by atoms with E-state index in [1.54, 1.807) is 24.3 Å². The highest BCUT2D eigenvalue weighted by molar-refractivity contribution is 7.80. The first-order valence-electron chi connectivity index (χ1n) is 5.92. The molecule has 0 radical (unpaired) electrons. The minimum absolute atomic E-state index is 0.142. The quantitative estimate of drug-likeness (QED) is 0.719. The van der Waals surface area contributed by atoms with Gasteiger partial charge in [0.15, 0.2) is 0 Å². The maximum Gasteiger partial charge on any atom is 0.234 e. The maximum absolute atomic E-state index is 11.9. The van der Waals surface area contributed by atoms with Gasteiger partial charge in [-0.15, -0.1) is 0 Å². The predicted molar refractivity (Wildman–Crippen MR) is 79.9 cm³/mol. The lowest BCUT2D eigenvalue weighted by Gasteiger charge is -2.13. The molecular formula is C13H17N3O2S. The van der Waals surface area contributed by atoms with Crippen LogP contribution in [0.15, 0.2) is 24.3 Å². The van der Waals surface area contributed by atoms with Crippen molar-refractivity contribution in [3.8, 4) is 0 Å². The van der Waals surface area contributed by atoms with Gasteiger partial charge in [0, 0.05) is 18.3 Å². The summed E-state index contributed by atoms with van der Waals surface area (Å²) in [6, 6.07) is 6.82. The molecule has 1 rings (SSSR count). The van der Waals surface area contributed by atoms with Crippen LogP contribution in [0, 0.1) is 5.92 Å². The van der Waals surface area contributed by atoms with Gasteiger partial charge in [0.2, 0.25) is 11.8 Å². The number of benzene rings is 1. The molecule has 0 saturated heterocycles. The first-order valence-corrected chi connectivity index (χ1v) is 6.32. The van der Waals surface area contributed by atoms with Gasteiger partial charge in [-0.05, 0) is 30.7 Å². The Hall–Kier alpha value is -1.95. The van der Waals surface area contributed by atoms with Crippen LogP contribution < -0.4 is 16.4 Å². The number of anilines is 2. The highest BCUT2D eigenvalue weighted by atomic mass is 32.1. The van der Waals surface area contributed by atoms with Gasteiger partial charge in [0.05, 0.1) is 10.9 Å². The SMILES string of the molecule is CCC(C(=O)Nc1ccc(NC(C)=O)cc1)C(N)=S. The third-order valence-corrected chi connectivity index (χ3v) is 2.83. The minimum atomic E-state index is -0.468. The summed E-state index contributed by atoms with van der Waals surface area (Å²) in [5.41, 5.74) is 6.81. The van der Waals surface area contributed by atoms with Crippen molar-refractivity contribution >= 4 is 40.4 Å². The van der Waals surface area contributed by atoms with E-state index in [1.165, 1.54) is 6.92 Å². The molecule has 0 spiro atoms. The molecule has 1 aromatic carbocycles. The predicted octanol–water partition coefficient (Wildman–Crippen LogP) is 1.90. The van der Waals surface area contributed by atoms with Crippen molar-refractivity contribution in [2.24, 2.45) is 11.7 Å². The Kier molecular flexibility index (Phi) is 5.44. The fourth-order valence-corrected chi connectivity index (χ4v) is 1.86. The summed E-state index contributed by atoms with van der Waals surface area (Å²) in [5, 5.41) is 5.38. The molecule has 5 nitrogen and oxygen atoms in total. The van der Waals surface area contributed by atoms with E-state index >= 15 is 0 Å². The van der Waals surface area contributed by atoms with E-state index in [0.717, 1.165) is 0 Å². The third kappa shape index (κ3) is 4.67. The number of hydrogen-bond acceptors (Lipinski definition) is 3. The lowest BCUT2D eigenvalue weighted by atomic mass is 10.1. The fraction of sp³-hybridized carbons (Fsp3) is 0.308. The molecule has 102 valence electrons. The number of thiocarbonyl (C=S) groups is 1. The number of nitrogens with one attached hydrogen (secondary N) is 2. The second-order valence-electron chi connectivity index (χ2n) is 4.11. The Morgan fingerprint density at radius 2 is 1.68 bits per heavy atom. The Morgan fingerprint density at radius 3 is 2.05 bits per heavy atom. The average Bonchev–Trinajstić information content (AvgIpc) is 2.31. The monoisotopic (exact) mass is 279 g/mol. The van der Waals surface area contributed by atoms with Crippen molar-refractivity contribution in [2.75, 3.05) is 10.6 Å². The van der Waals surface area contributed by atoms with Crippen molar-refractivity contribution in [1.82, 2.24) is 0 Å². The Morgan fingerprint density at radius 1 is 1.21 bits per heavy atom. The van der Waals surface area contributed by atoms with Gasteiger partial charge in [-0.25, -0.2) is 0 Å². The second-order valence-corrected chi connectivity index (χ2v) is 4.58. The van der Waals surface area contributed by atoms with E-state index in [9.17, 15) is 9.59 Å². The van der Waals surface area contributed by atoms with Crippen LogP contribution in [0.2, 0.25) is 0 Å². The van der Waals surface area contributed by atoms with Gasteiger partial charge in [-0.2, -0.15) is 0 Å². The van der Waals surface area contributed by atoms with Gasteiger partial charge in [-0.1, -0.05) is 19.1 Å². The molecule has 1 atom stereocenters. The zero-order valence-electron chi connectivity index (χ0n) is 10.9. The minimum Gasteiger partial charge on any atom is -0.393 e. The summed E-state index contributed by atoms with van der Waals surface area (Å²) in [4.78, 5) is 23.0. The van der Waals surface area contributed by atoms with E-state index in [-0.39, 0.29) is 16.8 Å². The van der Waals surface area contributed by atoms with E-state index in [4.69, 9.17) is 18.0 Å². The van der Waals surface area contributed by atoms with Crippen molar-refractivity contribution in [3.05, 3.63) is 24.3 Å². The van der Waals surface area contributed by atoms with Crippen molar-refractivity contribution in [3.63, 3.8) is 0 Å². The molecule has 0 fully saturated rings. The standard InChI is InChI=1S/C13H17N3O2S/c1-3-11(12(14)19)13(18)16-10-6-4-9(5-7-10)15-8(2)17/h4-7,11H,3H2,1-2H3,(H2,14,19)(H,15,17)(H,16,18). The molecule has 0 aromatic heterocycles. The third-order valence-electron chi connectivity index (χ3n) is 2.54. The largest absolute Gasteiger partial charge is 0.393 e. The summed E-state index contributed by atoms with van der Waals surface area (Å²) in [7, 11) is 0. The Bertz CT molecular complexity index is 485. The zero-order chi connectivity index (χ0) is 14.4. The average molecular weight is 279 g/mol. The highest BCUT2D eigenvalue weighted by Gasteiger charge is 2.19. The lowest BCUT2D eigenvalue weighted by Crippen LogP contribution is -2.32. The van der Waals surface area contributed by atoms with Crippen LogP contribution in [0.3, 0.4) is 0 Å². The summed E-state index contributed by atoms with van der Waals surface area (Å²) < 4.78 is 0. The molecule has 19 heavy (non-hydrogen) atoms. The highest BCUT2D eigenvalue weighted by Crippen LogP contribution is 2.15. The summed E-state index contributed by atoms with van der Waals surface area (Å²) in [5.74, 6) is -0.830. The Balaban J connectivity index is 2.69. The molecule has 2 amide bonds. The Labute approximate surface area is 117 Å². The van der Waals surface area contributed by atoms with Gasteiger partial charge >= 0.3 is 0 Å². The normalized spacial score (nSPS) is 11.5. The van der Waals surface area contributed by atoms with Crippen LogP contribution in [0.25, 0.3) is 0 Å². The van der Waals surface area contributed by atoms with Crippen LogP contribution >= 0.6 is 12.2 Å². The second kappa shape index (κ2) is 6.84. The lowest BCUT2D eigenvalue weighted by molar-refractivity contribution is -0.118. The zero-order valence-corrected chi connectivity index (χ0v) is 11.7. The van der Waals surface area contributed by atoms with Gasteiger partial charge in [0.1, 0.15) is 0 Å². The summed E-state index contributed by atoms with van der Waals surface area (Å²) >= 11 is 4.85. The van der Waals surface area contributed by atoms with E-state index in [0.29, 0.717) is 17.8 Å². The molecule has 1 aromatic rings.